The van der Waals surface area contributed by atoms with Gasteiger partial charge in [-0.3, -0.25) is 4.79 Å². The highest BCUT2D eigenvalue weighted by Crippen LogP contribution is 2.45. The zero-order chi connectivity index (χ0) is 34.7. The van der Waals surface area contributed by atoms with E-state index in [2.05, 4.69) is 94.4 Å². The Morgan fingerprint density at radius 1 is 0.804 bits per heavy atom. The number of benzene rings is 5. The summed E-state index contributed by atoms with van der Waals surface area (Å²) < 4.78 is 39.7. The standard InChI is InChI=1S/C43H40N3O4S/c1-2-39(47)31-19-23-44(24-20-31)51(48,49)42-14-8-5-11-36(42)43-34-17-15-32(45-25-21-29-9-3-6-12-37(29)45)27-40(34)50-41-28-33(16-18-35(41)43)46-26-22-30-10-4-7-13-38(30)46/h3-18,27-28,31H,2,19-26H2,1H3/q+1. The zero-order valence-corrected chi connectivity index (χ0v) is 29.5. The Hall–Kier alpha value is -5.05. The Morgan fingerprint density at radius 3 is 2.41 bits per heavy atom. The van der Waals surface area contributed by atoms with Crippen molar-refractivity contribution in [3.63, 3.8) is 0 Å². The number of sulfonamides is 1. The van der Waals surface area contributed by atoms with E-state index >= 15 is 0 Å². The SMILES string of the molecule is CCC(=O)C1CCN(S(=O)(=O)c2ccccc2-c2c3ccc(=[N+]4CCc5ccccc54)cc-3oc3cc(N4CCc5ccccc54)ccc23)CC1. The maximum absolute atomic E-state index is 14.5. The largest absolute Gasteiger partial charge is 0.456 e. The zero-order valence-electron chi connectivity index (χ0n) is 28.7. The number of rotatable bonds is 6. The fourth-order valence-electron chi connectivity index (χ4n) is 8.45. The molecule has 51 heavy (non-hydrogen) atoms. The second-order valence-corrected chi connectivity index (χ2v) is 15.8. The van der Waals surface area contributed by atoms with Crippen LogP contribution in [0.2, 0.25) is 0 Å². The minimum Gasteiger partial charge on any atom is -0.456 e. The Labute approximate surface area is 298 Å². The first-order valence-electron chi connectivity index (χ1n) is 18.1. The quantitative estimate of drug-likeness (QED) is 0.131. The van der Waals surface area contributed by atoms with Crippen molar-refractivity contribution in [1.29, 1.82) is 0 Å². The molecule has 0 radical (unpaired) electrons. The Balaban J connectivity index is 1.23. The number of piperidine rings is 1. The van der Waals surface area contributed by atoms with E-state index in [1.165, 1.54) is 22.5 Å². The number of carbonyl (C=O) groups is 1. The average molecular weight is 695 g/mol. The number of hydrogen-bond donors (Lipinski definition) is 0. The third kappa shape index (κ3) is 5.40. The van der Waals surface area contributed by atoms with Crippen LogP contribution < -0.4 is 14.8 Å². The molecule has 8 heteroatoms. The highest BCUT2D eigenvalue weighted by atomic mass is 32.2. The van der Waals surface area contributed by atoms with Gasteiger partial charge in [-0.15, -0.1) is 0 Å². The maximum atomic E-state index is 14.5. The molecule has 1 aliphatic carbocycles. The molecule has 4 aromatic carbocycles. The van der Waals surface area contributed by atoms with Crippen LogP contribution in [0.1, 0.15) is 37.3 Å². The van der Waals surface area contributed by atoms with Crippen LogP contribution in [0.5, 0.6) is 0 Å². The van der Waals surface area contributed by atoms with Gasteiger partial charge in [-0.2, -0.15) is 8.88 Å². The van der Waals surface area contributed by atoms with E-state index in [1.54, 1.807) is 16.4 Å². The Kier molecular flexibility index (Phi) is 7.89. The molecule has 0 aromatic heterocycles. The van der Waals surface area contributed by atoms with Crippen molar-refractivity contribution in [2.24, 2.45) is 5.92 Å². The van der Waals surface area contributed by atoms with E-state index in [-0.39, 0.29) is 16.6 Å². The van der Waals surface area contributed by atoms with Gasteiger partial charge in [0.25, 0.3) is 0 Å². The third-order valence-corrected chi connectivity index (χ3v) is 13.1. The summed E-state index contributed by atoms with van der Waals surface area (Å²) in [5.74, 6) is 0.838. The van der Waals surface area contributed by atoms with Crippen LogP contribution in [0.15, 0.2) is 119 Å². The summed E-state index contributed by atoms with van der Waals surface area (Å²) in [5, 5.41) is 1.89. The number of para-hydroxylation sites is 2. The molecule has 0 bridgehead atoms. The van der Waals surface area contributed by atoms with Gasteiger partial charge in [-0.25, -0.2) is 8.42 Å². The Morgan fingerprint density at radius 2 is 1.57 bits per heavy atom. The smallest absolute Gasteiger partial charge is 0.243 e. The van der Waals surface area contributed by atoms with Crippen molar-refractivity contribution < 1.29 is 17.6 Å². The van der Waals surface area contributed by atoms with Crippen LogP contribution in [0, 0.1) is 5.92 Å². The first-order valence-corrected chi connectivity index (χ1v) is 19.5. The normalized spacial score (nSPS) is 17.6. The van der Waals surface area contributed by atoms with Gasteiger partial charge in [0.2, 0.25) is 21.1 Å². The lowest BCUT2D eigenvalue weighted by Gasteiger charge is -2.31. The molecule has 4 aromatic rings. The van der Waals surface area contributed by atoms with Crippen molar-refractivity contribution in [3.05, 3.63) is 126 Å². The summed E-state index contributed by atoms with van der Waals surface area (Å²) in [6.07, 6.45) is 3.54. The third-order valence-electron chi connectivity index (χ3n) is 11.1. The lowest BCUT2D eigenvalue weighted by Crippen LogP contribution is -2.40. The van der Waals surface area contributed by atoms with E-state index in [1.807, 2.05) is 19.1 Å². The van der Waals surface area contributed by atoms with E-state index in [4.69, 9.17) is 4.42 Å². The predicted octanol–water partition coefficient (Wildman–Crippen LogP) is 7.94. The van der Waals surface area contributed by atoms with Gasteiger partial charge >= 0.3 is 0 Å². The van der Waals surface area contributed by atoms with Gasteiger partial charge in [0.05, 0.1) is 11.0 Å². The molecule has 4 aliphatic heterocycles. The van der Waals surface area contributed by atoms with Gasteiger partial charge in [-0.1, -0.05) is 61.5 Å². The summed E-state index contributed by atoms with van der Waals surface area (Å²) in [6.45, 7) is 4.30. The average Bonchev–Trinajstić information content (AvgIpc) is 3.81. The number of ketones is 1. The fourth-order valence-corrected chi connectivity index (χ4v) is 10.1. The van der Waals surface area contributed by atoms with Gasteiger partial charge in [0, 0.05) is 95.6 Å². The summed E-state index contributed by atoms with van der Waals surface area (Å²) in [7, 11) is -3.87. The van der Waals surface area contributed by atoms with Crippen molar-refractivity contribution in [2.45, 2.75) is 43.9 Å². The topological polar surface area (TPSA) is 73.8 Å². The number of fused-ring (bicyclic) bond motifs is 4. The fraction of sp³-hybridized carbons (Fsp3) is 0.256. The Bertz CT molecular complexity index is 2490. The molecular weight excluding hydrogens is 655 g/mol. The van der Waals surface area contributed by atoms with Crippen molar-refractivity contribution >= 4 is 43.8 Å². The van der Waals surface area contributed by atoms with Gasteiger partial charge in [0.1, 0.15) is 17.1 Å². The first kappa shape index (κ1) is 31.9. The highest BCUT2D eigenvalue weighted by molar-refractivity contribution is 7.89. The summed E-state index contributed by atoms with van der Waals surface area (Å²) in [4.78, 5) is 15.0. The minimum atomic E-state index is -3.87. The number of carbonyl (C=O) groups excluding carboxylic acids is 1. The predicted molar refractivity (Wildman–Crippen MR) is 202 cm³/mol. The lowest BCUT2D eigenvalue weighted by molar-refractivity contribution is -0.123. The van der Waals surface area contributed by atoms with E-state index < -0.39 is 10.0 Å². The molecular formula is C43H40N3O4S+. The van der Waals surface area contributed by atoms with Crippen molar-refractivity contribution in [3.8, 4) is 22.5 Å². The van der Waals surface area contributed by atoms with Gasteiger partial charge in [0.15, 0.2) is 6.54 Å². The molecule has 4 heterocycles. The van der Waals surface area contributed by atoms with Crippen molar-refractivity contribution in [2.75, 3.05) is 31.1 Å². The van der Waals surface area contributed by atoms with Crippen molar-refractivity contribution in [1.82, 2.24) is 8.88 Å². The molecule has 0 amide bonds. The van der Waals surface area contributed by atoms with Crippen LogP contribution in [-0.4, -0.2) is 44.7 Å². The summed E-state index contributed by atoms with van der Waals surface area (Å²) in [6, 6.07) is 37.0. The number of nitrogens with zero attached hydrogens (tertiary/aromatic N) is 3. The molecule has 0 N–H and O–H groups in total. The molecule has 0 saturated carbocycles. The minimum absolute atomic E-state index is 0.0751. The second-order valence-electron chi connectivity index (χ2n) is 13.9. The molecule has 1 saturated heterocycles. The number of hydrogen-bond acceptors (Lipinski definition) is 5. The monoisotopic (exact) mass is 694 g/mol. The highest BCUT2D eigenvalue weighted by Gasteiger charge is 2.34. The second kappa shape index (κ2) is 12.6. The van der Waals surface area contributed by atoms with Gasteiger partial charge < -0.3 is 9.32 Å². The first-order chi connectivity index (χ1) is 24.9. The summed E-state index contributed by atoms with van der Waals surface area (Å²) in [5.41, 5.74) is 9.13. The number of Topliss-reactive ketones (excluding diaryl/α,β-unsaturated/α-hetero) is 1. The van der Waals surface area contributed by atoms with E-state index in [0.29, 0.717) is 49.3 Å². The van der Waals surface area contributed by atoms with Crippen LogP contribution in [-0.2, 0) is 27.7 Å². The molecule has 0 spiro atoms. The van der Waals surface area contributed by atoms with E-state index in [9.17, 15) is 13.2 Å². The van der Waals surface area contributed by atoms with Crippen LogP contribution >= 0.6 is 0 Å². The van der Waals surface area contributed by atoms with E-state index in [0.717, 1.165) is 53.5 Å². The summed E-state index contributed by atoms with van der Waals surface area (Å²) >= 11 is 0. The molecule has 5 aliphatic rings. The number of anilines is 2. The molecule has 256 valence electrons. The molecule has 1 fully saturated rings. The molecule has 0 unspecified atom stereocenters. The maximum Gasteiger partial charge on any atom is 0.243 e. The van der Waals surface area contributed by atoms with Gasteiger partial charge in [-0.05, 0) is 55.2 Å². The molecule has 0 atom stereocenters. The van der Waals surface area contributed by atoms with Crippen LogP contribution in [0.3, 0.4) is 0 Å². The van der Waals surface area contributed by atoms with Crippen LogP contribution in [0.25, 0.3) is 33.4 Å². The molecule has 7 nitrogen and oxygen atoms in total. The van der Waals surface area contributed by atoms with Crippen LogP contribution in [0.4, 0.5) is 17.1 Å². The lowest BCUT2D eigenvalue weighted by atomic mass is 9.92. The molecule has 9 rings (SSSR count).